The van der Waals surface area contributed by atoms with Gasteiger partial charge in [0.1, 0.15) is 0 Å². The lowest BCUT2D eigenvalue weighted by Crippen LogP contribution is -2.54. The van der Waals surface area contributed by atoms with Gasteiger partial charge in [-0.2, -0.15) is 0 Å². The maximum atomic E-state index is 13.1. The average Bonchev–Trinajstić information content (AvgIpc) is 3.65. The number of fused-ring (bicyclic) bond motifs is 1. The molecule has 3 aromatic rings. The number of rotatable bonds is 3. The van der Waals surface area contributed by atoms with Gasteiger partial charge >= 0.3 is 6.03 Å². The molecule has 6 nitrogen and oxygen atoms in total. The second-order valence-corrected chi connectivity index (χ2v) is 10.1. The first-order chi connectivity index (χ1) is 16.2. The second kappa shape index (κ2) is 8.65. The average molecular weight is 464 g/mol. The summed E-state index contributed by atoms with van der Waals surface area (Å²) in [6.45, 7) is 5.46. The Morgan fingerprint density at radius 3 is 2.27 bits per heavy atom. The van der Waals surface area contributed by atoms with Gasteiger partial charge in [0, 0.05) is 73.8 Å². The van der Waals surface area contributed by atoms with E-state index in [1.165, 1.54) is 23.8 Å². The van der Waals surface area contributed by atoms with Crippen LogP contribution < -0.4 is 0 Å². The molecule has 4 heterocycles. The number of aromatic nitrogens is 2. The van der Waals surface area contributed by atoms with E-state index in [1.807, 2.05) is 36.7 Å². The molecular formula is C26H30ClN5O. The highest BCUT2D eigenvalue weighted by atomic mass is 35.5. The van der Waals surface area contributed by atoms with Gasteiger partial charge in [0.2, 0.25) is 0 Å². The summed E-state index contributed by atoms with van der Waals surface area (Å²) in [6.07, 6.45) is 10.7. The van der Waals surface area contributed by atoms with E-state index >= 15 is 0 Å². The monoisotopic (exact) mass is 463 g/mol. The first-order valence-electron chi connectivity index (χ1n) is 12.2. The van der Waals surface area contributed by atoms with E-state index < -0.39 is 0 Å². The second-order valence-electron chi connectivity index (χ2n) is 9.62. The highest BCUT2D eigenvalue weighted by Gasteiger charge is 2.34. The van der Waals surface area contributed by atoms with Crippen LogP contribution in [0.4, 0.5) is 4.79 Å². The van der Waals surface area contributed by atoms with Crippen molar-refractivity contribution in [3.05, 3.63) is 59.5 Å². The fourth-order valence-electron chi connectivity index (χ4n) is 5.54. The highest BCUT2D eigenvalue weighted by molar-refractivity contribution is 6.30. The Bertz CT molecular complexity index is 1140. The first-order valence-corrected chi connectivity index (χ1v) is 12.5. The molecule has 172 valence electrons. The van der Waals surface area contributed by atoms with Crippen LogP contribution in [0.3, 0.4) is 0 Å². The summed E-state index contributed by atoms with van der Waals surface area (Å²) in [5.74, 6) is 0.444. The number of hydrogen-bond acceptors (Lipinski definition) is 3. The molecule has 2 aromatic heterocycles. The molecule has 6 rings (SSSR count). The molecular weight excluding hydrogens is 434 g/mol. The SMILES string of the molecule is O=C(N1CCC(c2cn(-c3ccc(Cl)cc3)c3cnccc23)CC1)N1CCN(C2CC2)CC1. The summed E-state index contributed by atoms with van der Waals surface area (Å²) in [7, 11) is 0. The summed E-state index contributed by atoms with van der Waals surface area (Å²) >= 11 is 6.10. The molecule has 0 radical (unpaired) electrons. The summed E-state index contributed by atoms with van der Waals surface area (Å²) < 4.78 is 2.21. The van der Waals surface area contributed by atoms with Crippen molar-refractivity contribution >= 4 is 28.5 Å². The van der Waals surface area contributed by atoms with Crippen LogP contribution >= 0.6 is 11.6 Å². The van der Waals surface area contributed by atoms with Gasteiger partial charge in [-0.3, -0.25) is 9.88 Å². The van der Waals surface area contributed by atoms with Crippen molar-refractivity contribution in [1.82, 2.24) is 24.3 Å². The number of nitrogens with zero attached hydrogens (tertiary/aromatic N) is 5. The summed E-state index contributed by atoms with van der Waals surface area (Å²) in [5.41, 5.74) is 3.55. The minimum atomic E-state index is 0.233. The molecule has 2 saturated heterocycles. The fourth-order valence-corrected chi connectivity index (χ4v) is 5.67. The fraction of sp³-hybridized carbons (Fsp3) is 0.462. The summed E-state index contributed by atoms with van der Waals surface area (Å²) in [5, 5.41) is 1.99. The van der Waals surface area contributed by atoms with Crippen LogP contribution in [-0.4, -0.2) is 75.6 Å². The number of likely N-dealkylation sites (tertiary alicyclic amines) is 1. The van der Waals surface area contributed by atoms with E-state index in [1.54, 1.807) is 0 Å². The van der Waals surface area contributed by atoms with Crippen molar-refractivity contribution in [1.29, 1.82) is 0 Å². The minimum absolute atomic E-state index is 0.233. The molecule has 3 aliphatic rings. The third-order valence-corrected chi connectivity index (χ3v) is 7.85. The van der Waals surface area contributed by atoms with E-state index in [0.717, 1.165) is 74.4 Å². The van der Waals surface area contributed by atoms with Crippen molar-refractivity contribution in [2.45, 2.75) is 37.6 Å². The van der Waals surface area contributed by atoms with Crippen molar-refractivity contribution < 1.29 is 4.79 Å². The van der Waals surface area contributed by atoms with Crippen LogP contribution in [0, 0.1) is 0 Å². The van der Waals surface area contributed by atoms with E-state index in [-0.39, 0.29) is 6.03 Å². The lowest BCUT2D eigenvalue weighted by molar-refractivity contribution is 0.102. The number of benzene rings is 1. The van der Waals surface area contributed by atoms with Crippen LogP contribution in [0.5, 0.6) is 0 Å². The maximum absolute atomic E-state index is 13.1. The van der Waals surface area contributed by atoms with Crippen LogP contribution in [0.2, 0.25) is 5.02 Å². The molecule has 0 spiro atoms. The zero-order valence-corrected chi connectivity index (χ0v) is 19.6. The number of halogens is 1. The molecule has 0 N–H and O–H groups in total. The molecule has 1 saturated carbocycles. The molecule has 2 amide bonds. The zero-order chi connectivity index (χ0) is 22.4. The van der Waals surface area contributed by atoms with Gasteiger partial charge in [0.05, 0.1) is 11.7 Å². The van der Waals surface area contributed by atoms with Crippen LogP contribution in [0.25, 0.3) is 16.6 Å². The van der Waals surface area contributed by atoms with Gasteiger partial charge in [-0.1, -0.05) is 11.6 Å². The molecule has 1 aliphatic carbocycles. The largest absolute Gasteiger partial charge is 0.325 e. The highest BCUT2D eigenvalue weighted by Crippen LogP contribution is 2.36. The van der Waals surface area contributed by atoms with E-state index in [4.69, 9.17) is 11.6 Å². The van der Waals surface area contributed by atoms with E-state index in [0.29, 0.717) is 5.92 Å². The Kier molecular flexibility index (Phi) is 5.51. The standard InChI is InChI=1S/C26H30ClN5O/c27-20-1-3-22(4-2-20)32-18-24(23-7-10-28-17-25(23)32)19-8-11-30(12-9-19)26(33)31-15-13-29(14-16-31)21-5-6-21/h1-4,7,10,17-19,21H,5-6,8-9,11-16H2. The Morgan fingerprint density at radius 1 is 0.879 bits per heavy atom. The zero-order valence-electron chi connectivity index (χ0n) is 18.9. The normalized spacial score (nSPS) is 20.5. The number of carbonyl (C=O) groups excluding carboxylic acids is 1. The minimum Gasteiger partial charge on any atom is -0.325 e. The lowest BCUT2D eigenvalue weighted by atomic mass is 9.89. The smallest absolute Gasteiger partial charge is 0.320 e. The number of urea groups is 1. The molecule has 0 atom stereocenters. The Balaban J connectivity index is 1.15. The molecule has 0 unspecified atom stereocenters. The van der Waals surface area contributed by atoms with Crippen LogP contribution in [0.15, 0.2) is 48.9 Å². The van der Waals surface area contributed by atoms with Crippen molar-refractivity contribution in [2.24, 2.45) is 0 Å². The van der Waals surface area contributed by atoms with Crippen LogP contribution in [-0.2, 0) is 0 Å². The summed E-state index contributed by atoms with van der Waals surface area (Å²) in [4.78, 5) is 24.2. The van der Waals surface area contributed by atoms with Gasteiger partial charge in [0.25, 0.3) is 0 Å². The van der Waals surface area contributed by atoms with Crippen molar-refractivity contribution in [2.75, 3.05) is 39.3 Å². The number of hydrogen-bond donors (Lipinski definition) is 0. The molecule has 0 bridgehead atoms. The predicted octanol–water partition coefficient (Wildman–Crippen LogP) is 4.76. The predicted molar refractivity (Wildman–Crippen MR) is 131 cm³/mol. The van der Waals surface area contributed by atoms with Gasteiger partial charge in [0.15, 0.2) is 0 Å². The quantitative estimate of drug-likeness (QED) is 0.562. The number of amides is 2. The number of piperidine rings is 1. The van der Waals surface area contributed by atoms with Crippen LogP contribution in [0.1, 0.15) is 37.2 Å². The first kappa shape index (κ1) is 21.0. The van der Waals surface area contributed by atoms with Gasteiger partial charge in [-0.05, 0) is 67.5 Å². The summed E-state index contributed by atoms with van der Waals surface area (Å²) in [6, 6.07) is 11.1. The lowest BCUT2D eigenvalue weighted by Gasteiger charge is -2.39. The van der Waals surface area contributed by atoms with Crippen molar-refractivity contribution in [3.8, 4) is 5.69 Å². The molecule has 33 heavy (non-hydrogen) atoms. The third-order valence-electron chi connectivity index (χ3n) is 7.60. The number of piperazine rings is 1. The van der Waals surface area contributed by atoms with Crippen molar-refractivity contribution in [3.63, 3.8) is 0 Å². The number of carbonyl (C=O) groups is 1. The van der Waals surface area contributed by atoms with Gasteiger partial charge in [-0.15, -0.1) is 0 Å². The number of pyridine rings is 1. The molecule has 7 heteroatoms. The molecule has 2 aliphatic heterocycles. The van der Waals surface area contributed by atoms with E-state index in [9.17, 15) is 4.79 Å². The van der Waals surface area contributed by atoms with Gasteiger partial charge in [-0.25, -0.2) is 4.79 Å². The Hall–Kier alpha value is -2.57. The molecule has 1 aromatic carbocycles. The Labute approximate surface area is 199 Å². The molecule has 3 fully saturated rings. The van der Waals surface area contributed by atoms with E-state index in [2.05, 4.69) is 36.5 Å². The topological polar surface area (TPSA) is 44.6 Å². The van der Waals surface area contributed by atoms with Gasteiger partial charge < -0.3 is 14.4 Å². The third kappa shape index (κ3) is 4.11. The Morgan fingerprint density at radius 2 is 1.58 bits per heavy atom. The maximum Gasteiger partial charge on any atom is 0.320 e.